The summed E-state index contributed by atoms with van der Waals surface area (Å²) in [6.07, 6.45) is 5.26. The molecule has 0 fully saturated rings. The van der Waals surface area contributed by atoms with E-state index >= 15 is 0 Å². The molecule has 1 heterocycles. The zero-order chi connectivity index (χ0) is 10.7. The molecule has 0 atom stereocenters. The Morgan fingerprint density at radius 3 is 3.00 bits per heavy atom. The maximum Gasteiger partial charge on any atom is 0.215 e. The van der Waals surface area contributed by atoms with Crippen molar-refractivity contribution in [2.75, 3.05) is 0 Å². The predicted octanol–water partition coefficient (Wildman–Crippen LogP) is 1.92. The van der Waals surface area contributed by atoms with Gasteiger partial charge in [0, 0.05) is 0 Å². The van der Waals surface area contributed by atoms with E-state index < -0.39 is 0 Å². The number of hydrogen-bond donors (Lipinski definition) is 0. The van der Waals surface area contributed by atoms with Gasteiger partial charge in [0.15, 0.2) is 0 Å². The Hall–Kier alpha value is -1.93. The molecule has 0 radical (unpaired) electrons. The van der Waals surface area contributed by atoms with E-state index in [-0.39, 0.29) is 0 Å². The number of benzene rings is 1. The monoisotopic (exact) mass is 217 g/mol. The molecule has 5 heteroatoms. The summed E-state index contributed by atoms with van der Waals surface area (Å²) < 4.78 is 2.83. The van der Waals surface area contributed by atoms with Crippen molar-refractivity contribution in [2.24, 2.45) is 10.4 Å². The van der Waals surface area contributed by atoms with Crippen molar-refractivity contribution < 1.29 is 0 Å². The van der Waals surface area contributed by atoms with Crippen LogP contribution in [0, 0.1) is 17.3 Å². The highest BCUT2D eigenvalue weighted by Gasteiger charge is 2.03. The average Bonchev–Trinajstić information content (AvgIpc) is 2.59. The van der Waals surface area contributed by atoms with Gasteiger partial charge < -0.3 is 4.57 Å². The molecule has 0 saturated carbocycles. The number of nitroso groups, excluding NO2 is 1. The van der Waals surface area contributed by atoms with Crippen molar-refractivity contribution in [3.8, 4) is 12.3 Å². The Labute approximate surface area is 89.8 Å². The first-order valence-electron chi connectivity index (χ1n) is 4.25. The lowest BCUT2D eigenvalue weighted by molar-refractivity contribution is 0.826. The number of fused-ring (bicyclic) bond motifs is 1. The minimum atomic E-state index is 0.387. The SMILES string of the molecule is C#CCn1/c(=N\N=O)sc2ccccc21. The van der Waals surface area contributed by atoms with Crippen LogP contribution in [0.5, 0.6) is 0 Å². The first kappa shape index (κ1) is 9.62. The van der Waals surface area contributed by atoms with Crippen molar-refractivity contribution >= 4 is 21.6 Å². The van der Waals surface area contributed by atoms with Gasteiger partial charge >= 0.3 is 0 Å². The van der Waals surface area contributed by atoms with Gasteiger partial charge in [-0.1, -0.05) is 34.5 Å². The minimum absolute atomic E-state index is 0.387. The predicted molar refractivity (Wildman–Crippen MR) is 60.0 cm³/mol. The molecule has 0 spiro atoms. The van der Waals surface area contributed by atoms with Gasteiger partial charge in [0.25, 0.3) is 0 Å². The van der Waals surface area contributed by atoms with Gasteiger partial charge in [0.1, 0.15) is 0 Å². The number of aromatic nitrogens is 1. The lowest BCUT2D eigenvalue weighted by Crippen LogP contribution is -2.13. The number of para-hydroxylation sites is 1. The van der Waals surface area contributed by atoms with E-state index in [4.69, 9.17) is 6.42 Å². The van der Waals surface area contributed by atoms with Crippen LogP contribution in [0.2, 0.25) is 0 Å². The lowest BCUT2D eigenvalue weighted by Gasteiger charge is -1.97. The van der Waals surface area contributed by atoms with Crippen molar-refractivity contribution in [1.29, 1.82) is 0 Å². The van der Waals surface area contributed by atoms with Gasteiger partial charge in [-0.25, -0.2) is 0 Å². The zero-order valence-corrected chi connectivity index (χ0v) is 8.57. The quantitative estimate of drug-likeness (QED) is 0.430. The highest BCUT2D eigenvalue weighted by atomic mass is 32.1. The topological polar surface area (TPSA) is 46.7 Å². The van der Waals surface area contributed by atoms with E-state index in [9.17, 15) is 4.91 Å². The Kier molecular flexibility index (Phi) is 2.61. The van der Waals surface area contributed by atoms with Crippen LogP contribution in [0.25, 0.3) is 10.2 Å². The van der Waals surface area contributed by atoms with Crippen LogP contribution < -0.4 is 4.80 Å². The van der Waals surface area contributed by atoms with Crippen LogP contribution in [0.3, 0.4) is 0 Å². The number of thiazole rings is 1. The van der Waals surface area contributed by atoms with Gasteiger partial charge in [-0.2, -0.15) is 0 Å². The van der Waals surface area contributed by atoms with Crippen LogP contribution in [0.1, 0.15) is 0 Å². The van der Waals surface area contributed by atoms with Crippen LogP contribution in [-0.4, -0.2) is 4.57 Å². The molecule has 4 nitrogen and oxygen atoms in total. The van der Waals surface area contributed by atoms with Gasteiger partial charge in [0.2, 0.25) is 4.80 Å². The van der Waals surface area contributed by atoms with Crippen LogP contribution in [0.4, 0.5) is 0 Å². The Bertz CT molecular complexity index is 603. The Morgan fingerprint density at radius 1 is 1.47 bits per heavy atom. The molecule has 15 heavy (non-hydrogen) atoms. The molecule has 0 saturated heterocycles. The summed E-state index contributed by atoms with van der Waals surface area (Å²) >= 11 is 1.40. The number of rotatable bonds is 2. The molecule has 2 rings (SSSR count). The fourth-order valence-electron chi connectivity index (χ4n) is 1.38. The smallest absolute Gasteiger partial charge is 0.215 e. The molecule has 0 aliphatic heterocycles. The standard InChI is InChI=1S/C10H7N3OS/c1-2-7-13-8-5-3-4-6-9(8)15-10(13)11-12-14/h1,3-6H,7H2/b11-10+. The van der Waals surface area contributed by atoms with E-state index in [2.05, 4.69) is 16.3 Å². The van der Waals surface area contributed by atoms with Crippen LogP contribution in [-0.2, 0) is 6.54 Å². The van der Waals surface area contributed by atoms with Crippen LogP contribution >= 0.6 is 11.3 Å². The highest BCUT2D eigenvalue weighted by Crippen LogP contribution is 2.16. The maximum absolute atomic E-state index is 10.1. The number of terminal acetylenes is 1. The summed E-state index contributed by atoms with van der Waals surface area (Å²) in [4.78, 5) is 10.7. The first-order valence-corrected chi connectivity index (χ1v) is 5.06. The molecule has 2 aromatic rings. The highest BCUT2D eigenvalue weighted by molar-refractivity contribution is 7.16. The zero-order valence-electron chi connectivity index (χ0n) is 7.75. The van der Waals surface area contributed by atoms with Crippen LogP contribution in [0.15, 0.2) is 34.7 Å². The molecular formula is C10H7N3OS. The van der Waals surface area contributed by atoms with E-state index in [1.54, 1.807) is 4.57 Å². The molecule has 0 aliphatic carbocycles. The molecule has 1 aromatic heterocycles. The third-order valence-electron chi connectivity index (χ3n) is 1.96. The van der Waals surface area contributed by atoms with Gasteiger partial charge in [-0.15, -0.1) is 11.3 Å². The summed E-state index contributed by atoms with van der Waals surface area (Å²) in [5, 5.41) is 6.06. The minimum Gasteiger partial charge on any atom is -0.303 e. The largest absolute Gasteiger partial charge is 0.303 e. The summed E-state index contributed by atoms with van der Waals surface area (Å²) in [6, 6.07) is 7.74. The second-order valence-corrected chi connectivity index (χ2v) is 3.83. The molecule has 0 unspecified atom stereocenters. The van der Waals surface area contributed by atoms with Crippen molar-refractivity contribution in [2.45, 2.75) is 6.54 Å². The lowest BCUT2D eigenvalue weighted by atomic mass is 10.3. The molecule has 74 valence electrons. The van der Waals surface area contributed by atoms with E-state index in [0.29, 0.717) is 11.3 Å². The van der Waals surface area contributed by atoms with Gasteiger partial charge in [-0.3, -0.25) is 0 Å². The molecular weight excluding hydrogens is 210 g/mol. The molecule has 0 N–H and O–H groups in total. The van der Waals surface area contributed by atoms with Gasteiger partial charge in [-0.05, 0) is 12.1 Å². The third kappa shape index (κ3) is 1.67. The Morgan fingerprint density at radius 2 is 2.27 bits per heavy atom. The molecule has 0 bridgehead atoms. The number of nitrogens with zero attached hydrogens (tertiary/aromatic N) is 3. The summed E-state index contributed by atoms with van der Waals surface area (Å²) in [5.41, 5.74) is 0.975. The fraction of sp³-hybridized carbons (Fsp3) is 0.100. The molecule has 0 amide bonds. The average molecular weight is 217 g/mol. The summed E-state index contributed by atoms with van der Waals surface area (Å²) in [6.45, 7) is 0.387. The van der Waals surface area contributed by atoms with Gasteiger partial charge in [0.05, 0.1) is 22.0 Å². The molecule has 1 aromatic carbocycles. The second kappa shape index (κ2) is 4.07. The van der Waals surface area contributed by atoms with E-state index in [1.165, 1.54) is 11.3 Å². The molecule has 0 aliphatic rings. The van der Waals surface area contributed by atoms with Crippen molar-refractivity contribution in [1.82, 2.24) is 4.57 Å². The maximum atomic E-state index is 10.1. The first-order chi connectivity index (χ1) is 7.36. The second-order valence-electron chi connectivity index (χ2n) is 2.82. The van der Waals surface area contributed by atoms with Crippen molar-refractivity contribution in [3.05, 3.63) is 34.0 Å². The summed E-state index contributed by atoms with van der Waals surface area (Å²) in [7, 11) is 0. The number of hydrogen-bond acceptors (Lipinski definition) is 3. The fourth-order valence-corrected chi connectivity index (χ4v) is 2.35. The van der Waals surface area contributed by atoms with Crippen molar-refractivity contribution in [3.63, 3.8) is 0 Å². The summed E-state index contributed by atoms with van der Waals surface area (Å²) in [5.74, 6) is 2.53. The normalized spacial score (nSPS) is 11.5. The third-order valence-corrected chi connectivity index (χ3v) is 3.01. The van der Waals surface area contributed by atoms with E-state index in [0.717, 1.165) is 10.2 Å². The Balaban J connectivity index is 2.81. The van der Waals surface area contributed by atoms with E-state index in [1.807, 2.05) is 24.3 Å².